The smallest absolute Gasteiger partial charge is 0.319 e. The average molecular weight is 674 g/mol. The monoisotopic (exact) mass is 673 g/mol. The third kappa shape index (κ3) is 5.61. The number of anilines is 1. The maximum Gasteiger partial charge on any atom is 0.319 e. The summed E-state index contributed by atoms with van der Waals surface area (Å²) >= 11 is 0. The number of terminal acetylenes is 1. The van der Waals surface area contributed by atoms with Crippen LogP contribution >= 0.6 is 0 Å². The molecule has 1 aromatic heterocycles. The van der Waals surface area contributed by atoms with Gasteiger partial charge < -0.3 is 25.0 Å². The molecule has 2 unspecified atom stereocenters. The Balaban J connectivity index is 1.19. The van der Waals surface area contributed by atoms with Gasteiger partial charge in [-0.3, -0.25) is 0 Å². The first-order valence-corrected chi connectivity index (χ1v) is 18.4. The van der Waals surface area contributed by atoms with Gasteiger partial charge in [-0.05, 0) is 68.3 Å². The highest BCUT2D eigenvalue weighted by molar-refractivity contribution is 7.91. The van der Waals surface area contributed by atoms with E-state index in [1.807, 2.05) is 0 Å². The number of aromatic nitrogens is 2. The molecule has 12 heteroatoms. The number of nitrogens with one attached hydrogen (secondary N) is 1. The third-order valence-electron chi connectivity index (χ3n) is 10.6. The standard InChI is InChI=1S/C36H37F2N5O4S/c1-3-21-5-4-6-22-13-25(44)14-27(30(21)22)31-29(37)15-28-33(32(31)38)40-35(41-34(28)43-16-23-7-8-24(17-43)39-23)47-20-36(10-11-36)19-42-12-9-26(18-42)48(2,45)46/h1,4-6,13-15,23-24,26,39,44H,7-12,16-20H2,2H3/t23?,24?,26-/m0/s1. The van der Waals surface area contributed by atoms with Gasteiger partial charge >= 0.3 is 6.01 Å². The van der Waals surface area contributed by atoms with Crippen LogP contribution < -0.4 is 15.0 Å². The number of aromatic hydroxyl groups is 1. The summed E-state index contributed by atoms with van der Waals surface area (Å²) in [5.41, 5.74) is -0.00561. The minimum absolute atomic E-state index is 0.00614. The number of fused-ring (bicyclic) bond motifs is 4. The minimum Gasteiger partial charge on any atom is -0.508 e. The zero-order valence-corrected chi connectivity index (χ0v) is 27.5. The van der Waals surface area contributed by atoms with Crippen molar-refractivity contribution in [3.63, 3.8) is 0 Å². The molecule has 8 rings (SSSR count). The average Bonchev–Trinajstić information content (AvgIpc) is 3.48. The lowest BCUT2D eigenvalue weighted by Gasteiger charge is -2.34. The van der Waals surface area contributed by atoms with Crippen molar-refractivity contribution < 1.29 is 27.0 Å². The number of phenols is 1. The fourth-order valence-electron chi connectivity index (χ4n) is 7.92. The topological polar surface area (TPSA) is 108 Å². The predicted molar refractivity (Wildman–Crippen MR) is 181 cm³/mol. The second-order valence-corrected chi connectivity index (χ2v) is 16.4. The maximum absolute atomic E-state index is 16.9. The van der Waals surface area contributed by atoms with Crippen LogP contribution in [0.3, 0.4) is 0 Å². The van der Waals surface area contributed by atoms with Gasteiger partial charge in [0.2, 0.25) is 0 Å². The number of hydrogen-bond acceptors (Lipinski definition) is 9. The molecule has 2 N–H and O–H groups in total. The van der Waals surface area contributed by atoms with Crippen LogP contribution in [0.25, 0.3) is 32.8 Å². The minimum atomic E-state index is -3.10. The number of likely N-dealkylation sites (tertiary alicyclic amines) is 1. The summed E-state index contributed by atoms with van der Waals surface area (Å²) in [5.74, 6) is 1.17. The number of rotatable bonds is 8. The zero-order chi connectivity index (χ0) is 33.4. The molecule has 2 bridgehead atoms. The van der Waals surface area contributed by atoms with E-state index in [-0.39, 0.29) is 56.5 Å². The van der Waals surface area contributed by atoms with Crippen LogP contribution in [0.15, 0.2) is 36.4 Å². The maximum atomic E-state index is 16.9. The van der Waals surface area contributed by atoms with Crippen molar-refractivity contribution >= 4 is 37.3 Å². The number of halogens is 2. The van der Waals surface area contributed by atoms with E-state index >= 15 is 8.78 Å². The van der Waals surface area contributed by atoms with Gasteiger partial charge in [-0.15, -0.1) is 6.42 Å². The lowest BCUT2D eigenvalue weighted by atomic mass is 9.93. The van der Waals surface area contributed by atoms with Crippen molar-refractivity contribution in [1.82, 2.24) is 20.2 Å². The Kier molecular flexibility index (Phi) is 7.50. The van der Waals surface area contributed by atoms with E-state index in [1.54, 1.807) is 18.2 Å². The van der Waals surface area contributed by atoms with Gasteiger partial charge in [-0.1, -0.05) is 18.1 Å². The van der Waals surface area contributed by atoms with E-state index in [2.05, 4.69) is 26.0 Å². The Labute approximate surface area is 278 Å². The normalized spacial score (nSPS) is 23.5. The molecule has 9 nitrogen and oxygen atoms in total. The van der Waals surface area contributed by atoms with Crippen molar-refractivity contribution in [2.75, 3.05) is 50.5 Å². The van der Waals surface area contributed by atoms with Crippen LogP contribution in [-0.4, -0.2) is 91.3 Å². The molecule has 3 aliphatic heterocycles. The highest BCUT2D eigenvalue weighted by Gasteiger charge is 2.47. The third-order valence-corrected chi connectivity index (χ3v) is 12.2. The Morgan fingerprint density at radius 3 is 2.56 bits per heavy atom. The molecule has 3 atom stereocenters. The molecule has 0 radical (unpaired) electrons. The number of sulfone groups is 1. The van der Waals surface area contributed by atoms with E-state index in [0.717, 1.165) is 25.7 Å². The highest BCUT2D eigenvalue weighted by atomic mass is 32.2. The molecule has 4 aliphatic rings. The number of phenolic OH excluding ortho intramolecular Hbond substituents is 1. The van der Waals surface area contributed by atoms with Crippen LogP contribution in [0, 0.1) is 29.4 Å². The van der Waals surface area contributed by atoms with Gasteiger partial charge in [0, 0.05) is 71.8 Å². The van der Waals surface area contributed by atoms with E-state index < -0.39 is 21.5 Å². The second kappa shape index (κ2) is 11.5. The first-order chi connectivity index (χ1) is 23.0. The lowest BCUT2D eigenvalue weighted by Crippen LogP contribution is -2.51. The van der Waals surface area contributed by atoms with Crippen molar-refractivity contribution in [3.8, 4) is 35.2 Å². The quantitative estimate of drug-likeness (QED) is 0.259. The predicted octanol–water partition coefficient (Wildman–Crippen LogP) is 4.63. The number of hydrogen-bond donors (Lipinski definition) is 2. The van der Waals surface area contributed by atoms with Crippen LogP contribution in [0.4, 0.5) is 14.6 Å². The van der Waals surface area contributed by atoms with Crippen molar-refractivity contribution in [3.05, 3.63) is 53.6 Å². The molecule has 4 heterocycles. The molecule has 3 aromatic carbocycles. The lowest BCUT2D eigenvalue weighted by molar-refractivity contribution is 0.170. The molecule has 4 fully saturated rings. The number of benzene rings is 3. The summed E-state index contributed by atoms with van der Waals surface area (Å²) in [7, 11) is -3.10. The molecular weight excluding hydrogens is 636 g/mol. The summed E-state index contributed by atoms with van der Waals surface area (Å²) in [5, 5.41) is 15.1. The van der Waals surface area contributed by atoms with Gasteiger partial charge in [-0.2, -0.15) is 9.97 Å². The number of nitrogens with zero attached hydrogens (tertiary/aromatic N) is 4. The Morgan fingerprint density at radius 1 is 1.10 bits per heavy atom. The highest BCUT2D eigenvalue weighted by Crippen LogP contribution is 2.47. The van der Waals surface area contributed by atoms with Crippen molar-refractivity contribution in [1.29, 1.82) is 0 Å². The SMILES string of the molecule is C#Cc1cccc2cc(O)cc(-c3c(F)cc4c(N5CC6CCC(C5)N6)nc(OCC5(CN6CC[C@H](S(C)(=O)=O)C6)CC5)nc4c3F)c12. The Hall–Kier alpha value is -4.05. The Bertz CT molecular complexity index is 2100. The van der Waals surface area contributed by atoms with Crippen LogP contribution in [0.5, 0.6) is 11.8 Å². The fraction of sp³-hybridized carbons (Fsp3) is 0.444. The summed E-state index contributed by atoms with van der Waals surface area (Å²) in [6, 6.07) is 9.79. The van der Waals surface area contributed by atoms with Gasteiger partial charge in [0.25, 0.3) is 0 Å². The molecule has 48 heavy (non-hydrogen) atoms. The van der Waals surface area contributed by atoms with Crippen LogP contribution in [-0.2, 0) is 9.84 Å². The molecule has 1 saturated carbocycles. The van der Waals surface area contributed by atoms with Crippen LogP contribution in [0.2, 0.25) is 0 Å². The number of piperazine rings is 1. The van der Waals surface area contributed by atoms with E-state index in [1.165, 1.54) is 24.5 Å². The van der Waals surface area contributed by atoms with Gasteiger partial charge in [-0.25, -0.2) is 17.2 Å². The van der Waals surface area contributed by atoms with Gasteiger partial charge in [0.05, 0.1) is 17.4 Å². The molecule has 250 valence electrons. The molecule has 3 saturated heterocycles. The Morgan fingerprint density at radius 2 is 1.88 bits per heavy atom. The summed E-state index contributed by atoms with van der Waals surface area (Å²) in [6.07, 6.45) is 11.6. The molecule has 0 spiro atoms. The van der Waals surface area contributed by atoms with Gasteiger partial charge in [0.15, 0.2) is 15.7 Å². The molecular formula is C36H37F2N5O4S. The van der Waals surface area contributed by atoms with Crippen LogP contribution in [0.1, 0.15) is 37.7 Å². The van der Waals surface area contributed by atoms with Crippen molar-refractivity contribution in [2.24, 2.45) is 5.41 Å². The molecule has 0 amide bonds. The van der Waals surface area contributed by atoms with E-state index in [4.69, 9.17) is 16.1 Å². The largest absolute Gasteiger partial charge is 0.508 e. The first-order valence-electron chi connectivity index (χ1n) is 16.5. The molecule has 1 aliphatic carbocycles. The summed E-state index contributed by atoms with van der Waals surface area (Å²) < 4.78 is 63.6. The van der Waals surface area contributed by atoms with Crippen molar-refractivity contribution in [2.45, 2.75) is 49.4 Å². The van der Waals surface area contributed by atoms with E-state index in [9.17, 15) is 13.5 Å². The first kappa shape index (κ1) is 31.2. The molecule has 4 aromatic rings. The van der Waals surface area contributed by atoms with E-state index in [0.29, 0.717) is 67.9 Å². The second-order valence-electron chi connectivity index (χ2n) is 14.1. The zero-order valence-electron chi connectivity index (χ0n) is 26.7. The summed E-state index contributed by atoms with van der Waals surface area (Å²) in [6.45, 7) is 3.49. The fourth-order valence-corrected chi connectivity index (χ4v) is 8.93. The summed E-state index contributed by atoms with van der Waals surface area (Å²) in [4.78, 5) is 13.6. The van der Waals surface area contributed by atoms with Gasteiger partial charge in [0.1, 0.15) is 22.9 Å². The number of ether oxygens (including phenoxy) is 1.